The quantitative estimate of drug-likeness (QED) is 0.00323. The Kier molecular flexibility index (Phi) is 41.4. The first-order valence-electron chi connectivity index (χ1n) is 43.6. The van der Waals surface area contributed by atoms with E-state index >= 15 is 0 Å². The molecule has 1 N–H and O–H groups in total. The molecule has 6 aromatic rings. The molecule has 4 aliphatic heterocycles. The third-order valence-corrected chi connectivity index (χ3v) is 28.5. The van der Waals surface area contributed by atoms with E-state index in [1.807, 2.05) is 79.2 Å². The maximum atomic E-state index is 12.7. The third-order valence-electron chi connectivity index (χ3n) is 23.3. The van der Waals surface area contributed by atoms with E-state index in [9.17, 15) is 99.6 Å². The number of carbonyl (C=O) groups excluding carboxylic acids is 1. The Bertz CT molecular complexity index is 6360. The fourth-order valence-electron chi connectivity index (χ4n) is 16.8. The molecular weight excluding hydrogens is 2020 g/mol. The molecule has 0 fully saturated rings. The minimum absolute atomic E-state index is 0. The average Bonchev–Trinajstić information content (AvgIpc) is 1.54. The predicted octanol–water partition coefficient (Wildman–Crippen LogP) is 18.6. The molecule has 6 aromatic carbocycles. The standard InChI is InChI=1S/C45H54Cl2N2O8S2.C38H50N2O8S2.C11H14Cl2N2O4S.F6P.K/c1-7-8-24-48-38-21-19-31(2)27-34(38)44(4,5)40(48)16-11-9-12-17-41-45(6,23-14-10-13-18-42(50)57-43-36(46)28-32(3)29-37(43)47)35-30-33(59(54,55)56)20-22-39(35)49(41)25-15-26-58(51,52)53;1-6-7-23-39-32-20-18-28(2)26-30(32)37(3,4)34(39)15-10-8-11-16-35-38(5,22-13-9-12-17-36(41)42)31-27-29(50(46,47)48)19-21-33(31)40(35)24-14-25-49(43,44)45;1-14(2)11(15(3)4)19-10-8(12)5-7(6-9(10)13)20(16,17)18;1-7(2,3,4,5)6;/h9,11-12,16-17,19-22,27-30H,7-8,10,13-15,18,23-26H2,1-6H3,(H-,51,52,53,54,55,56);8,10-11,15-16,18-21,26-27H,6-7,9,12-14,17,22-25H2,1-5H3,(H2-,41,42,43,44,45,46,47,48);5-6H,1-4H3;;/q;;;-1;+1/p-2. The molecule has 0 spiro atoms. The van der Waals surface area contributed by atoms with Crippen molar-refractivity contribution in [2.24, 2.45) is 0 Å². The van der Waals surface area contributed by atoms with Gasteiger partial charge in [-0.1, -0.05) is 158 Å². The van der Waals surface area contributed by atoms with Crippen molar-refractivity contribution >= 4 is 157 Å². The zero-order valence-corrected chi connectivity index (χ0v) is 90.3. The summed E-state index contributed by atoms with van der Waals surface area (Å²) in [5.74, 6) is -2.30. The zero-order chi connectivity index (χ0) is 102. The molecule has 43 heteroatoms. The van der Waals surface area contributed by atoms with Gasteiger partial charge in [-0.05, 0) is 202 Å². The number of anilines is 2. The van der Waals surface area contributed by atoms with E-state index in [-0.39, 0.29) is 142 Å². The number of carbonyl (C=O) groups is 2. The SMILES string of the molecule is CCCC[N+]1=C(/C=C/C=C/C=C2\N(CCCS(=O)(=O)[O-])c3ccc(S(=O)(=O)[O-])cc3C2(C)CCCCCC(=O)O)C(C)(C)c2cc(C)ccc21.CCCC[N+]1=C(/C=C/C=C/C=C2\N(CCCS(=O)(=O)[O-])c3ccc(S(=O)(=O)[O-])cc3C2(C)CCCCCC(=O)Oc2c(Cl)cc(C)cc2Cl)C(C)(C)c2cc(C)ccc21.CN(C)C(Oc1c(Cl)cc(S(=O)(=O)[O-])cc1Cl)=[N+](C)C.F[P-](F)(F)(F)(F)F.[K+]. The maximum absolute atomic E-state index is 12.7. The number of aryl methyl sites for hydroxylation is 3. The molecule has 0 bridgehead atoms. The molecule has 0 saturated carbocycles. The number of amidine groups is 1. The first-order valence-corrected chi connectivity index (χ1v) is 54.5. The van der Waals surface area contributed by atoms with Crippen molar-refractivity contribution in [3.63, 3.8) is 0 Å². The Morgan fingerprint density at radius 1 is 0.474 bits per heavy atom. The number of hydrogen-bond donors (Lipinski definition) is 1. The predicted molar refractivity (Wildman–Crippen MR) is 517 cm³/mol. The summed E-state index contributed by atoms with van der Waals surface area (Å²) in [6.07, 6.45) is 28.6. The van der Waals surface area contributed by atoms with Crippen LogP contribution in [0.5, 0.6) is 11.5 Å². The van der Waals surface area contributed by atoms with Crippen LogP contribution in [0.15, 0.2) is 184 Å². The van der Waals surface area contributed by atoms with Crippen molar-refractivity contribution in [2.75, 3.05) is 75.7 Å². The number of benzene rings is 6. The fourth-order valence-corrected chi connectivity index (χ4v) is 20.7. The first kappa shape index (κ1) is 119. The van der Waals surface area contributed by atoms with Gasteiger partial charge in [0.05, 0.1) is 94.0 Å². The second-order valence-corrected chi connectivity index (χ2v) is 46.2. The van der Waals surface area contributed by atoms with E-state index in [0.717, 1.165) is 67.9 Å². The average molecular weight is 2140 g/mol. The third kappa shape index (κ3) is 34.2. The topological polar surface area (TPSA) is 378 Å². The summed E-state index contributed by atoms with van der Waals surface area (Å²) in [6.45, 7) is 25.4. The van der Waals surface area contributed by atoms with Gasteiger partial charge in [-0.2, -0.15) is 9.15 Å². The Hall–Kier alpha value is -6.73. The zero-order valence-electron chi connectivity index (χ0n) is 79.2. The summed E-state index contributed by atoms with van der Waals surface area (Å²) in [6, 6.07) is 27.4. The summed E-state index contributed by atoms with van der Waals surface area (Å²) in [5, 5.41) is 9.45. The second kappa shape index (κ2) is 47.6. The van der Waals surface area contributed by atoms with Gasteiger partial charge in [0, 0.05) is 119 Å². The Balaban J connectivity index is 0.000000331. The van der Waals surface area contributed by atoms with Gasteiger partial charge in [0.2, 0.25) is 11.4 Å². The van der Waals surface area contributed by atoms with Gasteiger partial charge < -0.3 is 47.1 Å². The normalized spacial score (nSPS) is 17.9. The van der Waals surface area contributed by atoms with Crippen molar-refractivity contribution < 1.29 is 179 Å². The number of carboxylic acids is 1. The van der Waals surface area contributed by atoms with Gasteiger partial charge in [0.1, 0.15) is 43.4 Å². The van der Waals surface area contributed by atoms with Gasteiger partial charge in [0.25, 0.3) is 0 Å². The maximum Gasteiger partial charge on any atom is 1.00 e. The van der Waals surface area contributed by atoms with Crippen molar-refractivity contribution in [3.8, 4) is 11.5 Å². The van der Waals surface area contributed by atoms with E-state index in [4.69, 9.17) is 61.0 Å². The van der Waals surface area contributed by atoms with Crippen molar-refractivity contribution in [1.82, 2.24) is 4.90 Å². The molecule has 0 radical (unpaired) electrons. The number of halogens is 10. The van der Waals surface area contributed by atoms with Crippen LogP contribution in [0.4, 0.5) is 47.9 Å². The van der Waals surface area contributed by atoms with E-state index in [1.165, 1.54) is 69.3 Å². The summed E-state index contributed by atoms with van der Waals surface area (Å²) < 4.78 is 252. The number of fused-ring (bicyclic) bond motifs is 4. The molecule has 0 saturated heterocycles. The van der Waals surface area contributed by atoms with Crippen molar-refractivity contribution in [3.05, 3.63) is 228 Å². The van der Waals surface area contributed by atoms with Crippen LogP contribution < -0.4 is 70.7 Å². The molecular formula is C94H116Cl4F6KN6O20PS5-2. The van der Waals surface area contributed by atoms with Crippen LogP contribution in [0.2, 0.25) is 20.1 Å². The molecule has 26 nitrogen and oxygen atoms in total. The molecule has 0 amide bonds. The fraction of sp³-hybridized carbons (Fsp3) is 0.436. The first-order chi connectivity index (χ1) is 62.5. The summed E-state index contributed by atoms with van der Waals surface area (Å²) in [7, 11) is -26.8. The molecule has 2 atom stereocenters. The Morgan fingerprint density at radius 2 is 0.839 bits per heavy atom. The number of rotatable bonds is 37. The number of carboxylic acid groups (broad SMARTS) is 1. The van der Waals surface area contributed by atoms with Gasteiger partial charge in [-0.25, -0.2) is 51.6 Å². The minimum Gasteiger partial charge on any atom is 1.00 e. The van der Waals surface area contributed by atoms with E-state index in [2.05, 4.69) is 113 Å². The molecule has 4 aliphatic rings. The minimum atomic E-state index is -10.7. The summed E-state index contributed by atoms with van der Waals surface area (Å²) in [5.41, 5.74) is 12.6. The van der Waals surface area contributed by atoms with Crippen LogP contribution in [0, 0.1) is 20.8 Å². The van der Waals surface area contributed by atoms with Gasteiger partial charge >= 0.3 is 102 Å². The number of ether oxygens (including phenoxy) is 2. The summed E-state index contributed by atoms with van der Waals surface area (Å²) >= 11 is 24.4. The van der Waals surface area contributed by atoms with Gasteiger partial charge in [-0.15, -0.1) is 0 Å². The number of nitrogens with zero attached hydrogens (tertiary/aromatic N) is 6. The van der Waals surface area contributed by atoms with Crippen LogP contribution in [-0.2, 0) is 81.8 Å². The number of aliphatic carboxylic acids is 1. The van der Waals surface area contributed by atoms with Gasteiger partial charge in [0.15, 0.2) is 22.9 Å². The Morgan fingerprint density at radius 3 is 1.18 bits per heavy atom. The van der Waals surface area contributed by atoms with Gasteiger partial charge in [-0.3, -0.25) is 9.59 Å². The molecule has 10 rings (SSSR count). The van der Waals surface area contributed by atoms with Crippen LogP contribution in [-0.4, -0.2) is 184 Å². The van der Waals surface area contributed by atoms with Crippen LogP contribution in [0.25, 0.3) is 0 Å². The van der Waals surface area contributed by atoms with Crippen molar-refractivity contribution in [1.29, 1.82) is 0 Å². The van der Waals surface area contributed by atoms with Crippen LogP contribution >= 0.6 is 54.2 Å². The monoisotopic (exact) mass is 2130 g/mol. The summed E-state index contributed by atoms with van der Waals surface area (Å²) in [4.78, 5) is 28.1. The van der Waals surface area contributed by atoms with Crippen LogP contribution in [0.1, 0.15) is 197 Å². The number of hydrogen-bond acceptors (Lipinski definition) is 21. The number of allylic oxidation sites excluding steroid dienone is 12. The van der Waals surface area contributed by atoms with Crippen molar-refractivity contribution in [2.45, 2.75) is 215 Å². The molecule has 4 heterocycles. The molecule has 2 unspecified atom stereocenters. The van der Waals surface area contributed by atoms with E-state index in [0.29, 0.717) is 79.9 Å². The van der Waals surface area contributed by atoms with E-state index < -0.39 is 97.6 Å². The smallest absolute Gasteiger partial charge is 1.00 e. The Labute approximate surface area is 863 Å². The number of unbranched alkanes of at least 4 members (excludes halogenated alkanes) is 6. The molecule has 137 heavy (non-hydrogen) atoms. The molecule has 0 aliphatic carbocycles. The molecule has 0 aromatic heterocycles. The van der Waals surface area contributed by atoms with E-state index in [1.54, 1.807) is 61.9 Å². The number of esters is 1. The largest absolute Gasteiger partial charge is 1.00 e. The molecule has 750 valence electrons. The van der Waals surface area contributed by atoms with Crippen LogP contribution in [0.3, 0.4) is 0 Å². The second-order valence-electron chi connectivity index (χ2n) is 35.5.